The van der Waals surface area contributed by atoms with Gasteiger partial charge in [-0.25, -0.2) is 0 Å². The smallest absolute Gasteiger partial charge is 0.171 e. The van der Waals surface area contributed by atoms with Crippen LogP contribution in [-0.4, -0.2) is 4.57 Å². The molecule has 3 heteroatoms. The van der Waals surface area contributed by atoms with Crippen LogP contribution in [0.3, 0.4) is 0 Å². The minimum absolute atomic E-state index is 0.693. The van der Waals surface area contributed by atoms with Gasteiger partial charge in [-0.3, -0.25) is 0 Å². The summed E-state index contributed by atoms with van der Waals surface area (Å²) in [4.78, 5) is 0. The molecule has 0 aliphatic carbocycles. The summed E-state index contributed by atoms with van der Waals surface area (Å²) in [6, 6.07) is 63.8. The van der Waals surface area contributed by atoms with Gasteiger partial charge in [-0.1, -0.05) is 152 Å². The lowest BCUT2D eigenvalue weighted by Gasteiger charge is -2.45. The highest BCUT2D eigenvalue weighted by Gasteiger charge is 2.51. The zero-order valence-corrected chi connectivity index (χ0v) is 26.0. The molecular weight excluding hydrogens is 577 g/mol. The van der Waals surface area contributed by atoms with Crippen LogP contribution in [0, 0.1) is 0 Å². The van der Waals surface area contributed by atoms with Crippen molar-refractivity contribution in [3.05, 3.63) is 204 Å². The molecule has 0 N–H and O–H groups in total. The van der Waals surface area contributed by atoms with Crippen molar-refractivity contribution >= 4 is 44.9 Å². The standard InChI is InChI=1S/C43H30NOP/c45-46(34-20-8-3-9-21-34)41-26-14-11-23-37(41)43(31-16-4-1-5-17-31,38-24-12-15-27-42(38)46)32-28-29-40-36(30-32)35-22-10-13-25-39(35)44(40)33-18-6-2-7-19-33/h1-30H. The maximum Gasteiger partial charge on any atom is 0.171 e. The molecule has 0 unspecified atom stereocenters. The Morgan fingerprint density at radius 3 is 1.63 bits per heavy atom. The van der Waals surface area contributed by atoms with E-state index in [2.05, 4.69) is 144 Å². The Bertz CT molecular complexity index is 2390. The number of nitrogens with zero attached hydrogens (tertiary/aromatic N) is 1. The van der Waals surface area contributed by atoms with Crippen LogP contribution in [0.5, 0.6) is 0 Å². The zero-order valence-electron chi connectivity index (χ0n) is 25.1. The third kappa shape index (κ3) is 3.62. The van der Waals surface area contributed by atoms with Crippen molar-refractivity contribution in [2.24, 2.45) is 0 Å². The zero-order chi connectivity index (χ0) is 30.7. The predicted molar refractivity (Wildman–Crippen MR) is 192 cm³/mol. The SMILES string of the molecule is O=P1(c2ccccc2)c2ccccc2C(c2ccccc2)(c2ccc3c(c2)c2ccccc2n3-c2ccccc2)c2ccccc21. The van der Waals surface area contributed by atoms with E-state index >= 15 is 4.57 Å². The minimum Gasteiger partial charge on any atom is -0.309 e. The van der Waals surface area contributed by atoms with Gasteiger partial charge in [-0.05, 0) is 52.6 Å². The summed E-state index contributed by atoms with van der Waals surface area (Å²) in [5, 5.41) is 5.06. The fourth-order valence-electron chi connectivity index (χ4n) is 7.86. The second-order valence-electron chi connectivity index (χ2n) is 12.0. The number of para-hydroxylation sites is 2. The number of benzene rings is 7. The molecule has 0 saturated carbocycles. The van der Waals surface area contributed by atoms with Crippen LogP contribution >= 0.6 is 7.14 Å². The summed E-state index contributed by atoms with van der Waals surface area (Å²) in [6.07, 6.45) is 0. The van der Waals surface area contributed by atoms with E-state index in [4.69, 9.17) is 0 Å². The summed E-state index contributed by atoms with van der Waals surface area (Å²) in [5.74, 6) is 0. The molecule has 218 valence electrons. The van der Waals surface area contributed by atoms with Gasteiger partial charge in [0.05, 0.1) is 16.4 Å². The van der Waals surface area contributed by atoms with Crippen molar-refractivity contribution in [1.29, 1.82) is 0 Å². The van der Waals surface area contributed by atoms with Crippen LogP contribution in [-0.2, 0) is 9.98 Å². The molecule has 1 aliphatic rings. The third-order valence-corrected chi connectivity index (χ3v) is 12.9. The first kappa shape index (κ1) is 26.9. The number of rotatable bonds is 4. The van der Waals surface area contributed by atoms with Crippen molar-refractivity contribution in [3.63, 3.8) is 0 Å². The lowest BCUT2D eigenvalue weighted by atomic mass is 9.64. The normalized spacial score (nSPS) is 18.7. The second kappa shape index (κ2) is 10.3. The van der Waals surface area contributed by atoms with E-state index in [-0.39, 0.29) is 0 Å². The summed E-state index contributed by atoms with van der Waals surface area (Å²) in [6.45, 7) is 0. The molecule has 0 fully saturated rings. The average molecular weight is 608 g/mol. The lowest BCUT2D eigenvalue weighted by Crippen LogP contribution is -2.46. The van der Waals surface area contributed by atoms with E-state index in [0.717, 1.165) is 49.4 Å². The fraction of sp³-hybridized carbons (Fsp3) is 0.0233. The highest BCUT2D eigenvalue weighted by molar-refractivity contribution is 7.85. The molecule has 9 rings (SSSR count). The van der Waals surface area contributed by atoms with Gasteiger partial charge in [0.15, 0.2) is 7.14 Å². The summed E-state index contributed by atoms with van der Waals surface area (Å²) >= 11 is 0. The first-order valence-corrected chi connectivity index (χ1v) is 17.4. The van der Waals surface area contributed by atoms with Crippen LogP contribution in [0.2, 0.25) is 0 Å². The summed E-state index contributed by atoms with van der Waals surface area (Å²) in [7, 11) is -3.19. The summed E-state index contributed by atoms with van der Waals surface area (Å²) in [5.41, 5.74) is 7.22. The molecule has 0 radical (unpaired) electrons. The van der Waals surface area contributed by atoms with Gasteiger partial charge in [0.2, 0.25) is 0 Å². The summed E-state index contributed by atoms with van der Waals surface area (Å²) < 4.78 is 18.1. The van der Waals surface area contributed by atoms with Crippen molar-refractivity contribution in [2.45, 2.75) is 5.41 Å². The Balaban J connectivity index is 1.43. The quantitative estimate of drug-likeness (QED) is 0.183. The second-order valence-corrected chi connectivity index (χ2v) is 14.7. The Hall–Kier alpha value is -5.43. The highest BCUT2D eigenvalue weighted by Crippen LogP contribution is 2.57. The molecule has 7 aromatic carbocycles. The van der Waals surface area contributed by atoms with Gasteiger partial charge < -0.3 is 9.13 Å². The van der Waals surface area contributed by atoms with Gasteiger partial charge in [-0.15, -0.1) is 0 Å². The topological polar surface area (TPSA) is 22.0 Å². The van der Waals surface area contributed by atoms with E-state index in [9.17, 15) is 0 Å². The van der Waals surface area contributed by atoms with Crippen molar-refractivity contribution < 1.29 is 4.57 Å². The molecule has 2 nitrogen and oxygen atoms in total. The predicted octanol–water partition coefficient (Wildman–Crippen LogP) is 9.12. The van der Waals surface area contributed by atoms with Gasteiger partial charge in [-0.2, -0.15) is 0 Å². The van der Waals surface area contributed by atoms with Crippen LogP contribution < -0.4 is 15.9 Å². The van der Waals surface area contributed by atoms with Crippen molar-refractivity contribution in [3.8, 4) is 5.69 Å². The number of hydrogen-bond donors (Lipinski definition) is 0. The van der Waals surface area contributed by atoms with Crippen molar-refractivity contribution in [1.82, 2.24) is 4.57 Å². The van der Waals surface area contributed by atoms with E-state index in [1.54, 1.807) is 0 Å². The fourth-order valence-corrected chi connectivity index (χ4v) is 11.0. The number of aromatic nitrogens is 1. The van der Waals surface area contributed by atoms with Crippen LogP contribution in [0.25, 0.3) is 27.5 Å². The molecule has 0 saturated heterocycles. The molecule has 0 atom stereocenters. The van der Waals surface area contributed by atoms with E-state index in [1.807, 2.05) is 42.5 Å². The lowest BCUT2D eigenvalue weighted by molar-refractivity contribution is 0.590. The largest absolute Gasteiger partial charge is 0.309 e. The van der Waals surface area contributed by atoms with Crippen LogP contribution in [0.15, 0.2) is 182 Å². The molecule has 2 heterocycles. The molecular formula is C43H30NOP. The van der Waals surface area contributed by atoms with E-state index in [0.29, 0.717) is 0 Å². The van der Waals surface area contributed by atoms with Gasteiger partial charge >= 0.3 is 0 Å². The average Bonchev–Trinajstić information content (AvgIpc) is 3.47. The first-order chi connectivity index (χ1) is 22.7. The molecule has 1 aliphatic heterocycles. The molecule has 8 aromatic rings. The van der Waals surface area contributed by atoms with Crippen LogP contribution in [0.1, 0.15) is 22.3 Å². The van der Waals surface area contributed by atoms with Gasteiger partial charge in [0, 0.05) is 32.4 Å². The van der Waals surface area contributed by atoms with E-state index in [1.165, 1.54) is 16.3 Å². The van der Waals surface area contributed by atoms with E-state index < -0.39 is 12.6 Å². The monoisotopic (exact) mass is 607 g/mol. The molecule has 46 heavy (non-hydrogen) atoms. The Morgan fingerprint density at radius 1 is 0.435 bits per heavy atom. The number of hydrogen-bond acceptors (Lipinski definition) is 1. The van der Waals surface area contributed by atoms with Crippen LogP contribution in [0.4, 0.5) is 0 Å². The Labute approximate surface area is 268 Å². The molecule has 0 bridgehead atoms. The molecule has 0 amide bonds. The Kier molecular flexibility index (Phi) is 6.03. The highest BCUT2D eigenvalue weighted by atomic mass is 31.2. The molecule has 1 aromatic heterocycles. The van der Waals surface area contributed by atoms with Crippen molar-refractivity contribution in [2.75, 3.05) is 0 Å². The van der Waals surface area contributed by atoms with Gasteiger partial charge in [0.1, 0.15) is 0 Å². The maximum absolute atomic E-state index is 15.8. The van der Waals surface area contributed by atoms with Gasteiger partial charge in [0.25, 0.3) is 0 Å². The third-order valence-electron chi connectivity index (χ3n) is 9.74. The first-order valence-electron chi connectivity index (χ1n) is 15.7. The molecule has 0 spiro atoms. The maximum atomic E-state index is 15.8. The Morgan fingerprint density at radius 2 is 0.957 bits per heavy atom. The number of fused-ring (bicyclic) bond motifs is 5. The minimum atomic E-state index is -3.19.